The lowest BCUT2D eigenvalue weighted by molar-refractivity contribution is -0.120. The van der Waals surface area contributed by atoms with Crippen molar-refractivity contribution in [3.63, 3.8) is 0 Å². The van der Waals surface area contributed by atoms with E-state index in [0.717, 1.165) is 17.7 Å². The van der Waals surface area contributed by atoms with E-state index >= 15 is 0 Å². The number of rotatable bonds is 8. The summed E-state index contributed by atoms with van der Waals surface area (Å²) in [4.78, 5) is 11.9. The van der Waals surface area contributed by atoms with Gasteiger partial charge in [0.1, 0.15) is 5.82 Å². The molecule has 1 N–H and O–H groups in total. The number of halogens is 1. The Labute approximate surface area is 141 Å². The molecule has 2 rings (SSSR count). The smallest absolute Gasteiger partial charge is 0.224 e. The summed E-state index contributed by atoms with van der Waals surface area (Å²) < 4.78 is 13.4. The van der Waals surface area contributed by atoms with Gasteiger partial charge in [0.2, 0.25) is 5.91 Å². The van der Waals surface area contributed by atoms with Gasteiger partial charge in [0.25, 0.3) is 0 Å². The van der Waals surface area contributed by atoms with Crippen molar-refractivity contribution >= 4 is 17.7 Å². The zero-order chi connectivity index (χ0) is 16.5. The molecule has 0 aliphatic heterocycles. The fourth-order valence-corrected chi connectivity index (χ4v) is 3.05. The lowest BCUT2D eigenvalue weighted by Crippen LogP contribution is -2.27. The van der Waals surface area contributed by atoms with E-state index in [1.54, 1.807) is 23.9 Å². The highest BCUT2D eigenvalue weighted by atomic mass is 32.2. The minimum absolute atomic E-state index is 0.0285. The lowest BCUT2D eigenvalue weighted by Gasteiger charge is -2.06. The van der Waals surface area contributed by atoms with Crippen LogP contribution < -0.4 is 5.32 Å². The van der Waals surface area contributed by atoms with Gasteiger partial charge in [0, 0.05) is 18.1 Å². The van der Waals surface area contributed by atoms with Crippen LogP contribution in [0.4, 0.5) is 4.39 Å². The van der Waals surface area contributed by atoms with Crippen molar-refractivity contribution in [1.82, 2.24) is 5.32 Å². The number of carbonyl (C=O) groups excluding carboxylic acids is 1. The summed E-state index contributed by atoms with van der Waals surface area (Å²) in [5.41, 5.74) is 3.01. The fourth-order valence-electron chi connectivity index (χ4n) is 2.20. The van der Waals surface area contributed by atoms with Crippen molar-refractivity contribution in [3.8, 4) is 0 Å². The maximum atomic E-state index is 13.4. The number of benzene rings is 2. The van der Waals surface area contributed by atoms with Crippen molar-refractivity contribution in [1.29, 1.82) is 0 Å². The Morgan fingerprint density at radius 3 is 2.48 bits per heavy atom. The van der Waals surface area contributed by atoms with Crippen molar-refractivity contribution in [2.24, 2.45) is 0 Å². The molecule has 2 aromatic carbocycles. The number of hydrogen-bond acceptors (Lipinski definition) is 2. The molecule has 0 aliphatic rings. The summed E-state index contributed by atoms with van der Waals surface area (Å²) in [5.74, 6) is 1.26. The molecule has 0 spiro atoms. The first-order valence-corrected chi connectivity index (χ1v) is 9.00. The van der Waals surface area contributed by atoms with Gasteiger partial charge in [0.05, 0.1) is 6.42 Å². The van der Waals surface area contributed by atoms with Gasteiger partial charge in [-0.15, -0.1) is 0 Å². The van der Waals surface area contributed by atoms with Crippen LogP contribution in [0.2, 0.25) is 0 Å². The second-order valence-electron chi connectivity index (χ2n) is 5.34. The maximum Gasteiger partial charge on any atom is 0.224 e. The highest BCUT2D eigenvalue weighted by molar-refractivity contribution is 7.98. The third-order valence-corrected chi connectivity index (χ3v) is 4.59. The zero-order valence-corrected chi connectivity index (χ0v) is 14.2. The van der Waals surface area contributed by atoms with Gasteiger partial charge in [0.15, 0.2) is 0 Å². The van der Waals surface area contributed by atoms with Gasteiger partial charge in [-0.3, -0.25) is 4.79 Å². The first kappa shape index (κ1) is 17.5. The molecule has 2 aromatic rings. The Bertz CT molecular complexity index is 628. The highest BCUT2D eigenvalue weighted by Crippen LogP contribution is 2.14. The number of thioether (sulfide) groups is 1. The average molecular weight is 331 g/mol. The molecule has 122 valence electrons. The van der Waals surface area contributed by atoms with Gasteiger partial charge < -0.3 is 5.32 Å². The molecular weight excluding hydrogens is 309 g/mol. The second kappa shape index (κ2) is 9.36. The summed E-state index contributed by atoms with van der Waals surface area (Å²) in [6.07, 6.45) is 1.41. The highest BCUT2D eigenvalue weighted by Gasteiger charge is 2.04. The van der Waals surface area contributed by atoms with Gasteiger partial charge in [-0.2, -0.15) is 11.8 Å². The number of aryl methyl sites for hydroxylation is 1. The third kappa shape index (κ3) is 6.06. The largest absolute Gasteiger partial charge is 0.355 e. The SMILES string of the molecule is CCc1ccc(CC(=O)NCCSCc2ccccc2F)cc1. The van der Waals surface area contributed by atoms with Crippen LogP contribution >= 0.6 is 11.8 Å². The predicted molar refractivity (Wildman–Crippen MR) is 95.1 cm³/mol. The third-order valence-electron chi connectivity index (χ3n) is 3.58. The van der Waals surface area contributed by atoms with Gasteiger partial charge in [-0.1, -0.05) is 49.4 Å². The standard InChI is InChI=1S/C19H22FNOS/c1-2-15-7-9-16(10-8-15)13-19(22)21-11-12-23-14-17-5-3-4-6-18(17)20/h3-10H,2,11-14H2,1H3,(H,21,22). The Kier molecular flexibility index (Phi) is 7.14. The van der Waals surface area contributed by atoms with Crippen molar-refractivity contribution < 1.29 is 9.18 Å². The summed E-state index contributed by atoms with van der Waals surface area (Å²) in [6.45, 7) is 2.71. The summed E-state index contributed by atoms with van der Waals surface area (Å²) >= 11 is 1.62. The van der Waals surface area contributed by atoms with Crippen molar-refractivity contribution in [2.75, 3.05) is 12.3 Å². The molecule has 0 bridgehead atoms. The van der Waals surface area contributed by atoms with Crippen LogP contribution in [0.3, 0.4) is 0 Å². The molecule has 0 fully saturated rings. The Balaban J connectivity index is 1.64. The average Bonchev–Trinajstić information content (AvgIpc) is 2.57. The number of nitrogens with one attached hydrogen (secondary N) is 1. The predicted octanol–water partition coefficient (Wildman–Crippen LogP) is 3.98. The zero-order valence-electron chi connectivity index (χ0n) is 13.3. The molecule has 0 radical (unpaired) electrons. The molecule has 0 heterocycles. The van der Waals surface area contributed by atoms with E-state index < -0.39 is 0 Å². The molecule has 23 heavy (non-hydrogen) atoms. The van der Waals surface area contributed by atoms with Crippen LogP contribution in [0.25, 0.3) is 0 Å². The summed E-state index contributed by atoms with van der Waals surface area (Å²) in [7, 11) is 0. The molecule has 0 aliphatic carbocycles. The van der Waals surface area contributed by atoms with Crippen LogP contribution in [0.1, 0.15) is 23.6 Å². The van der Waals surface area contributed by atoms with Crippen molar-refractivity contribution in [2.45, 2.75) is 25.5 Å². The molecule has 0 saturated carbocycles. The molecule has 2 nitrogen and oxygen atoms in total. The number of amides is 1. The van der Waals surface area contributed by atoms with Gasteiger partial charge >= 0.3 is 0 Å². The van der Waals surface area contributed by atoms with Crippen LogP contribution in [-0.2, 0) is 23.4 Å². The molecule has 1 amide bonds. The first-order valence-electron chi connectivity index (χ1n) is 7.84. The normalized spacial score (nSPS) is 10.5. The Hall–Kier alpha value is -1.81. The van der Waals surface area contributed by atoms with E-state index in [1.165, 1.54) is 11.6 Å². The first-order chi connectivity index (χ1) is 11.2. The molecule has 0 aromatic heterocycles. The quantitative estimate of drug-likeness (QED) is 0.741. The maximum absolute atomic E-state index is 13.4. The minimum Gasteiger partial charge on any atom is -0.355 e. The van der Waals surface area contributed by atoms with Crippen LogP contribution in [0.5, 0.6) is 0 Å². The van der Waals surface area contributed by atoms with E-state index in [-0.39, 0.29) is 11.7 Å². The fraction of sp³-hybridized carbons (Fsp3) is 0.316. The van der Waals surface area contributed by atoms with Crippen LogP contribution in [-0.4, -0.2) is 18.2 Å². The summed E-state index contributed by atoms with van der Waals surface area (Å²) in [6, 6.07) is 14.9. The Morgan fingerprint density at radius 1 is 1.09 bits per heavy atom. The lowest BCUT2D eigenvalue weighted by atomic mass is 10.1. The molecule has 4 heteroatoms. The number of carbonyl (C=O) groups is 1. The van der Waals surface area contributed by atoms with E-state index in [4.69, 9.17) is 0 Å². The summed E-state index contributed by atoms with van der Waals surface area (Å²) in [5, 5.41) is 2.91. The van der Waals surface area contributed by atoms with E-state index in [0.29, 0.717) is 24.3 Å². The number of hydrogen-bond donors (Lipinski definition) is 1. The molecule has 0 saturated heterocycles. The van der Waals surface area contributed by atoms with E-state index in [2.05, 4.69) is 24.4 Å². The van der Waals surface area contributed by atoms with E-state index in [1.807, 2.05) is 18.2 Å². The minimum atomic E-state index is -0.167. The topological polar surface area (TPSA) is 29.1 Å². The molecule has 0 unspecified atom stereocenters. The van der Waals surface area contributed by atoms with Gasteiger partial charge in [-0.25, -0.2) is 4.39 Å². The van der Waals surface area contributed by atoms with Gasteiger partial charge in [-0.05, 0) is 29.2 Å². The monoisotopic (exact) mass is 331 g/mol. The Morgan fingerprint density at radius 2 is 1.78 bits per heavy atom. The van der Waals surface area contributed by atoms with Crippen molar-refractivity contribution in [3.05, 3.63) is 71.0 Å². The molecule has 0 atom stereocenters. The molecular formula is C19H22FNOS. The van der Waals surface area contributed by atoms with E-state index in [9.17, 15) is 9.18 Å². The second-order valence-corrected chi connectivity index (χ2v) is 6.45. The van der Waals surface area contributed by atoms with Crippen LogP contribution in [0.15, 0.2) is 48.5 Å². The van der Waals surface area contributed by atoms with Crippen LogP contribution in [0, 0.1) is 5.82 Å².